The van der Waals surface area contributed by atoms with Gasteiger partial charge in [-0.1, -0.05) is 17.7 Å². The number of rotatable bonds is 6. The third-order valence-electron chi connectivity index (χ3n) is 2.08. The minimum absolute atomic E-state index is 0.0819. The zero-order valence-corrected chi connectivity index (χ0v) is 9.41. The van der Waals surface area contributed by atoms with Crippen molar-refractivity contribution in [1.29, 1.82) is 0 Å². The number of hydrogen-bond donors (Lipinski definition) is 2. The molecule has 0 bridgehead atoms. The van der Waals surface area contributed by atoms with Crippen LogP contribution in [-0.4, -0.2) is 19.2 Å². The van der Waals surface area contributed by atoms with Crippen LogP contribution in [0.25, 0.3) is 0 Å². The van der Waals surface area contributed by atoms with Crippen LogP contribution in [0.4, 0.5) is 0 Å². The Morgan fingerprint density at radius 3 is 2.40 bits per heavy atom. The quantitative estimate of drug-likeness (QED) is 0.781. The van der Waals surface area contributed by atoms with Crippen molar-refractivity contribution < 1.29 is 4.74 Å². The fourth-order valence-corrected chi connectivity index (χ4v) is 1.55. The average molecular weight is 229 g/mol. The summed E-state index contributed by atoms with van der Waals surface area (Å²) in [6.45, 7) is 1.20. The van der Waals surface area contributed by atoms with Crippen molar-refractivity contribution in [3.63, 3.8) is 0 Å². The van der Waals surface area contributed by atoms with Crippen LogP contribution in [0.15, 0.2) is 24.3 Å². The Balaban J connectivity index is 2.56. The molecule has 0 aromatic heterocycles. The first-order valence-corrected chi connectivity index (χ1v) is 5.46. The Morgan fingerprint density at radius 1 is 1.20 bits per heavy atom. The summed E-state index contributed by atoms with van der Waals surface area (Å²) in [6.07, 6.45) is 1.70. The Bertz CT molecular complexity index is 288. The average Bonchev–Trinajstić information content (AvgIpc) is 2.18. The van der Waals surface area contributed by atoms with Crippen molar-refractivity contribution in [2.24, 2.45) is 11.5 Å². The molecule has 0 aliphatic carbocycles. The lowest BCUT2D eigenvalue weighted by molar-refractivity contribution is 0.186. The first-order valence-electron chi connectivity index (χ1n) is 5.08. The largest absolute Gasteiger partial charge is 0.490 e. The summed E-state index contributed by atoms with van der Waals surface area (Å²) >= 11 is 5.85. The minimum atomic E-state index is 0.0819. The van der Waals surface area contributed by atoms with Crippen molar-refractivity contribution in [2.45, 2.75) is 18.9 Å². The maximum atomic E-state index is 5.85. The highest BCUT2D eigenvalue weighted by Gasteiger charge is 2.08. The lowest BCUT2D eigenvalue weighted by Crippen LogP contribution is -2.23. The number of ether oxygens (including phenoxy) is 1. The third-order valence-corrected chi connectivity index (χ3v) is 2.31. The zero-order chi connectivity index (χ0) is 11.1. The highest BCUT2D eigenvalue weighted by Crippen LogP contribution is 2.19. The van der Waals surface area contributed by atoms with Crippen LogP contribution in [0.5, 0.6) is 5.75 Å². The van der Waals surface area contributed by atoms with Gasteiger partial charge in [0.2, 0.25) is 0 Å². The number of hydrogen-bond acceptors (Lipinski definition) is 3. The molecule has 0 fully saturated rings. The topological polar surface area (TPSA) is 61.3 Å². The lowest BCUT2D eigenvalue weighted by Gasteiger charge is -2.17. The molecule has 1 aromatic rings. The summed E-state index contributed by atoms with van der Waals surface area (Å²) in [7, 11) is 0. The molecule has 1 rings (SSSR count). The molecule has 0 aliphatic heterocycles. The van der Waals surface area contributed by atoms with Gasteiger partial charge in [-0.25, -0.2) is 0 Å². The zero-order valence-electron chi connectivity index (χ0n) is 8.66. The summed E-state index contributed by atoms with van der Waals surface area (Å²) in [6, 6.07) is 7.35. The normalized spacial score (nSPS) is 10.7. The van der Waals surface area contributed by atoms with Crippen LogP contribution in [-0.2, 0) is 0 Å². The lowest BCUT2D eigenvalue weighted by atomic mass is 10.2. The Kier molecular flexibility index (Phi) is 5.47. The van der Waals surface area contributed by atoms with Crippen molar-refractivity contribution in [3.05, 3.63) is 29.3 Å². The van der Waals surface area contributed by atoms with Gasteiger partial charge >= 0.3 is 0 Å². The van der Waals surface area contributed by atoms with Crippen molar-refractivity contribution >= 4 is 11.6 Å². The van der Waals surface area contributed by atoms with Crippen LogP contribution in [0.2, 0.25) is 5.02 Å². The Hall–Kier alpha value is -0.770. The molecule has 0 saturated carbocycles. The van der Waals surface area contributed by atoms with Gasteiger partial charge in [-0.05, 0) is 44.1 Å². The van der Waals surface area contributed by atoms with E-state index in [4.69, 9.17) is 27.8 Å². The first kappa shape index (κ1) is 12.3. The predicted octanol–water partition coefficient (Wildman–Crippen LogP) is 1.79. The van der Waals surface area contributed by atoms with Crippen LogP contribution in [0.3, 0.4) is 0 Å². The molecule has 15 heavy (non-hydrogen) atoms. The van der Waals surface area contributed by atoms with Crippen LogP contribution < -0.4 is 16.2 Å². The van der Waals surface area contributed by atoms with E-state index in [2.05, 4.69) is 0 Å². The van der Waals surface area contributed by atoms with Crippen LogP contribution in [0.1, 0.15) is 12.8 Å². The number of nitrogens with two attached hydrogens (primary N) is 2. The summed E-state index contributed by atoms with van der Waals surface area (Å²) in [5, 5.41) is 0.673. The maximum absolute atomic E-state index is 5.85. The van der Waals surface area contributed by atoms with Gasteiger partial charge in [-0.2, -0.15) is 0 Å². The predicted molar refractivity (Wildman–Crippen MR) is 63.2 cm³/mol. The standard InChI is InChI=1S/C11H17ClN2O/c12-9-2-1-3-11(8-9)15-10(4-6-13)5-7-14/h1-3,8,10H,4-7,13-14H2. The van der Waals surface area contributed by atoms with Crippen molar-refractivity contribution in [2.75, 3.05) is 13.1 Å². The molecule has 84 valence electrons. The molecule has 4 N–H and O–H groups in total. The van der Waals surface area contributed by atoms with E-state index < -0.39 is 0 Å². The van der Waals surface area contributed by atoms with E-state index in [0.29, 0.717) is 18.1 Å². The van der Waals surface area contributed by atoms with Crippen molar-refractivity contribution in [3.8, 4) is 5.75 Å². The van der Waals surface area contributed by atoms with E-state index in [-0.39, 0.29) is 6.10 Å². The van der Waals surface area contributed by atoms with Crippen molar-refractivity contribution in [1.82, 2.24) is 0 Å². The second-order valence-electron chi connectivity index (χ2n) is 3.35. The van der Waals surface area contributed by atoms with E-state index in [1.165, 1.54) is 0 Å². The first-order chi connectivity index (χ1) is 7.26. The van der Waals surface area contributed by atoms with E-state index in [1.807, 2.05) is 18.2 Å². The summed E-state index contributed by atoms with van der Waals surface area (Å²) in [5.74, 6) is 0.773. The second kappa shape index (κ2) is 6.67. The molecule has 0 aliphatic rings. The number of benzene rings is 1. The van der Waals surface area contributed by atoms with Crippen LogP contribution in [0, 0.1) is 0 Å². The van der Waals surface area contributed by atoms with Gasteiger partial charge in [-0.3, -0.25) is 0 Å². The Morgan fingerprint density at radius 2 is 1.87 bits per heavy atom. The summed E-state index contributed by atoms with van der Waals surface area (Å²) in [4.78, 5) is 0. The van der Waals surface area contributed by atoms with E-state index >= 15 is 0 Å². The highest BCUT2D eigenvalue weighted by molar-refractivity contribution is 6.30. The van der Waals surface area contributed by atoms with E-state index in [9.17, 15) is 0 Å². The Labute approximate surface area is 95.4 Å². The summed E-state index contributed by atoms with van der Waals surface area (Å²) < 4.78 is 5.73. The SMILES string of the molecule is NCCC(CCN)Oc1cccc(Cl)c1. The number of halogens is 1. The van der Waals surface area contributed by atoms with E-state index in [1.54, 1.807) is 6.07 Å². The van der Waals surface area contributed by atoms with Gasteiger partial charge in [0.15, 0.2) is 0 Å². The third kappa shape index (κ3) is 4.51. The highest BCUT2D eigenvalue weighted by atomic mass is 35.5. The van der Waals surface area contributed by atoms with Gasteiger partial charge in [0.05, 0.1) is 0 Å². The molecule has 1 aromatic carbocycles. The molecule has 3 nitrogen and oxygen atoms in total. The molecular weight excluding hydrogens is 212 g/mol. The van der Waals surface area contributed by atoms with Crippen LogP contribution >= 0.6 is 11.6 Å². The minimum Gasteiger partial charge on any atom is -0.490 e. The smallest absolute Gasteiger partial charge is 0.121 e. The van der Waals surface area contributed by atoms with Gasteiger partial charge in [-0.15, -0.1) is 0 Å². The summed E-state index contributed by atoms with van der Waals surface area (Å²) in [5.41, 5.74) is 11.0. The fraction of sp³-hybridized carbons (Fsp3) is 0.455. The molecule has 0 atom stereocenters. The molecule has 0 amide bonds. The molecule has 0 spiro atoms. The molecule has 0 unspecified atom stereocenters. The van der Waals surface area contributed by atoms with E-state index in [0.717, 1.165) is 18.6 Å². The van der Waals surface area contributed by atoms with Gasteiger partial charge in [0.25, 0.3) is 0 Å². The monoisotopic (exact) mass is 228 g/mol. The fourth-order valence-electron chi connectivity index (χ4n) is 1.37. The second-order valence-corrected chi connectivity index (χ2v) is 3.79. The van der Waals surface area contributed by atoms with Gasteiger partial charge in [0, 0.05) is 5.02 Å². The molecular formula is C11H17ClN2O. The van der Waals surface area contributed by atoms with Gasteiger partial charge in [0.1, 0.15) is 11.9 Å². The molecule has 4 heteroatoms. The molecule has 0 radical (unpaired) electrons. The molecule has 0 saturated heterocycles. The van der Waals surface area contributed by atoms with Gasteiger partial charge < -0.3 is 16.2 Å². The maximum Gasteiger partial charge on any atom is 0.121 e. The molecule has 0 heterocycles.